The first kappa shape index (κ1) is 16.9. The van der Waals surface area contributed by atoms with Gasteiger partial charge in [0.15, 0.2) is 0 Å². The molecule has 2 aromatic rings. The van der Waals surface area contributed by atoms with E-state index in [9.17, 15) is 9.59 Å². The molecule has 0 fully saturated rings. The van der Waals surface area contributed by atoms with Crippen LogP contribution in [-0.4, -0.2) is 18.9 Å². The summed E-state index contributed by atoms with van der Waals surface area (Å²) in [5, 5.41) is 4.68. The molecule has 0 aromatic heterocycles. The van der Waals surface area contributed by atoms with Crippen molar-refractivity contribution in [3.05, 3.63) is 65.3 Å². The van der Waals surface area contributed by atoms with E-state index in [2.05, 4.69) is 10.7 Å². The summed E-state index contributed by atoms with van der Waals surface area (Å²) in [5.74, 6) is 0.201. The maximum Gasteiger partial charge on any atom is 0.273 e. The molecular formula is C18H16ClN3O3. The second-order valence-electron chi connectivity index (χ2n) is 5.32. The largest absolute Gasteiger partial charge is 0.497 e. The Kier molecular flexibility index (Phi) is 4.90. The van der Waals surface area contributed by atoms with Crippen LogP contribution < -0.4 is 20.5 Å². The highest BCUT2D eigenvalue weighted by atomic mass is 35.5. The van der Waals surface area contributed by atoms with Crippen LogP contribution in [0.3, 0.4) is 0 Å². The highest BCUT2D eigenvalue weighted by Gasteiger charge is 2.24. The van der Waals surface area contributed by atoms with E-state index in [-0.39, 0.29) is 18.2 Å². The first-order valence-electron chi connectivity index (χ1n) is 7.57. The van der Waals surface area contributed by atoms with Gasteiger partial charge in [0, 0.05) is 17.1 Å². The molecule has 7 heteroatoms. The minimum atomic E-state index is -0.336. The number of amides is 2. The van der Waals surface area contributed by atoms with Gasteiger partial charge in [0.2, 0.25) is 5.91 Å². The molecule has 0 radical (unpaired) electrons. The number of nitrogens with one attached hydrogen (secondary N) is 2. The first-order valence-corrected chi connectivity index (χ1v) is 7.95. The molecule has 0 aliphatic carbocycles. The monoisotopic (exact) mass is 357 g/mol. The Morgan fingerprint density at radius 2 is 1.84 bits per heavy atom. The summed E-state index contributed by atoms with van der Waals surface area (Å²) in [4.78, 5) is 24.5. The number of methoxy groups -OCH3 is 1. The van der Waals surface area contributed by atoms with Gasteiger partial charge in [-0.05, 0) is 54.6 Å². The molecule has 25 heavy (non-hydrogen) atoms. The highest BCUT2D eigenvalue weighted by Crippen LogP contribution is 2.21. The lowest BCUT2D eigenvalue weighted by atomic mass is 10.2. The number of ether oxygens (including phenoxy) is 1. The fourth-order valence-electron chi connectivity index (χ4n) is 2.32. The van der Waals surface area contributed by atoms with Gasteiger partial charge in [-0.25, -0.2) is 5.01 Å². The van der Waals surface area contributed by atoms with Crippen molar-refractivity contribution in [2.45, 2.75) is 6.42 Å². The van der Waals surface area contributed by atoms with E-state index in [0.717, 1.165) is 0 Å². The number of rotatable bonds is 4. The topological polar surface area (TPSA) is 70.7 Å². The molecule has 6 nitrogen and oxygen atoms in total. The van der Waals surface area contributed by atoms with Crippen molar-refractivity contribution in [3.8, 4) is 5.75 Å². The lowest BCUT2D eigenvalue weighted by molar-refractivity contribution is -0.119. The van der Waals surface area contributed by atoms with Gasteiger partial charge < -0.3 is 10.1 Å². The smallest absolute Gasteiger partial charge is 0.273 e. The summed E-state index contributed by atoms with van der Waals surface area (Å²) >= 11 is 5.87. The summed E-state index contributed by atoms with van der Waals surface area (Å²) in [5.41, 5.74) is 4.38. The molecule has 2 aromatic carbocycles. The number of carbonyl (C=O) groups is 2. The quantitative estimate of drug-likeness (QED) is 0.882. The average molecular weight is 358 g/mol. The Morgan fingerprint density at radius 3 is 2.48 bits per heavy atom. The Hall–Kier alpha value is -2.99. The van der Waals surface area contributed by atoms with Crippen LogP contribution in [0.1, 0.15) is 6.42 Å². The molecular weight excluding hydrogens is 342 g/mol. The molecule has 0 unspecified atom stereocenters. The van der Waals surface area contributed by atoms with Crippen molar-refractivity contribution in [1.82, 2.24) is 5.43 Å². The molecule has 2 amide bonds. The Balaban J connectivity index is 1.72. The van der Waals surface area contributed by atoms with Crippen LogP contribution in [0, 0.1) is 0 Å². The van der Waals surface area contributed by atoms with Gasteiger partial charge >= 0.3 is 0 Å². The zero-order valence-corrected chi connectivity index (χ0v) is 14.2. The zero-order valence-electron chi connectivity index (χ0n) is 13.5. The number of hydrogen-bond donors (Lipinski definition) is 2. The van der Waals surface area contributed by atoms with Gasteiger partial charge in [0.1, 0.15) is 11.4 Å². The number of nitrogens with zero attached hydrogens (tertiary/aromatic N) is 1. The van der Waals surface area contributed by atoms with Crippen LogP contribution in [-0.2, 0) is 9.59 Å². The number of hydrogen-bond acceptors (Lipinski definition) is 4. The third kappa shape index (κ3) is 3.92. The number of anilines is 2. The minimum Gasteiger partial charge on any atom is -0.497 e. The van der Waals surface area contributed by atoms with E-state index >= 15 is 0 Å². The molecule has 128 valence electrons. The van der Waals surface area contributed by atoms with E-state index in [1.807, 2.05) is 0 Å². The predicted molar refractivity (Wildman–Crippen MR) is 96.4 cm³/mol. The number of halogens is 1. The molecule has 0 atom stereocenters. The average Bonchev–Trinajstić information content (AvgIpc) is 2.63. The van der Waals surface area contributed by atoms with E-state index in [1.54, 1.807) is 61.7 Å². The van der Waals surface area contributed by atoms with Crippen molar-refractivity contribution in [2.24, 2.45) is 0 Å². The Morgan fingerprint density at radius 1 is 1.16 bits per heavy atom. The Labute approximate surface area is 150 Å². The van der Waals surface area contributed by atoms with E-state index in [1.165, 1.54) is 5.01 Å². The normalized spacial score (nSPS) is 13.8. The maximum absolute atomic E-state index is 12.4. The maximum atomic E-state index is 12.4. The molecule has 1 heterocycles. The van der Waals surface area contributed by atoms with Gasteiger partial charge in [0.25, 0.3) is 5.91 Å². The number of carbonyl (C=O) groups excluding carboxylic acids is 2. The van der Waals surface area contributed by atoms with E-state index in [4.69, 9.17) is 16.3 Å². The Bertz CT molecular complexity index is 816. The van der Waals surface area contributed by atoms with Crippen LogP contribution in [0.25, 0.3) is 0 Å². The van der Waals surface area contributed by atoms with Gasteiger partial charge in [-0.2, -0.15) is 0 Å². The molecule has 0 spiro atoms. The van der Waals surface area contributed by atoms with Gasteiger partial charge in [-0.15, -0.1) is 0 Å². The van der Waals surface area contributed by atoms with Crippen LogP contribution in [0.2, 0.25) is 5.02 Å². The van der Waals surface area contributed by atoms with Crippen molar-refractivity contribution in [2.75, 3.05) is 17.4 Å². The second kappa shape index (κ2) is 7.27. The van der Waals surface area contributed by atoms with Gasteiger partial charge in [-0.3, -0.25) is 15.0 Å². The lowest BCUT2D eigenvalue weighted by Crippen LogP contribution is -2.47. The van der Waals surface area contributed by atoms with E-state index in [0.29, 0.717) is 27.8 Å². The molecule has 1 aliphatic heterocycles. The van der Waals surface area contributed by atoms with Crippen LogP contribution in [0.5, 0.6) is 5.75 Å². The summed E-state index contributed by atoms with van der Waals surface area (Å²) < 4.78 is 5.08. The molecule has 2 N–H and O–H groups in total. The van der Waals surface area contributed by atoms with E-state index < -0.39 is 0 Å². The second-order valence-corrected chi connectivity index (χ2v) is 5.76. The minimum absolute atomic E-state index is 0.126. The van der Waals surface area contributed by atoms with Crippen molar-refractivity contribution >= 4 is 34.8 Å². The SMILES string of the molecule is COc1ccc(NC(=O)C2=CCC(=O)N(c3ccc(Cl)cc3)N2)cc1. The van der Waals surface area contributed by atoms with Crippen molar-refractivity contribution < 1.29 is 14.3 Å². The zero-order chi connectivity index (χ0) is 17.8. The predicted octanol–water partition coefficient (Wildman–Crippen LogP) is 3.11. The van der Waals surface area contributed by atoms with Gasteiger partial charge in [0.05, 0.1) is 12.8 Å². The fourth-order valence-corrected chi connectivity index (χ4v) is 2.45. The summed E-state index contributed by atoms with van der Waals surface area (Å²) in [6.45, 7) is 0. The summed E-state index contributed by atoms with van der Waals surface area (Å²) in [7, 11) is 1.58. The molecule has 1 aliphatic rings. The molecule has 0 saturated carbocycles. The van der Waals surface area contributed by atoms with Crippen LogP contribution >= 0.6 is 11.6 Å². The lowest BCUT2D eigenvalue weighted by Gasteiger charge is -2.28. The fraction of sp³-hybridized carbons (Fsp3) is 0.111. The van der Waals surface area contributed by atoms with Crippen LogP contribution in [0.4, 0.5) is 11.4 Å². The summed E-state index contributed by atoms with van der Waals surface area (Å²) in [6, 6.07) is 13.8. The molecule has 0 bridgehead atoms. The first-order chi connectivity index (χ1) is 12.1. The molecule has 0 saturated heterocycles. The number of hydrazine groups is 1. The number of benzene rings is 2. The molecule has 3 rings (SSSR count). The van der Waals surface area contributed by atoms with Crippen LogP contribution in [0.15, 0.2) is 60.3 Å². The van der Waals surface area contributed by atoms with Crippen molar-refractivity contribution in [3.63, 3.8) is 0 Å². The third-order valence-electron chi connectivity index (χ3n) is 3.64. The van der Waals surface area contributed by atoms with Crippen molar-refractivity contribution in [1.29, 1.82) is 0 Å². The highest BCUT2D eigenvalue weighted by molar-refractivity contribution is 6.30. The third-order valence-corrected chi connectivity index (χ3v) is 3.89. The van der Waals surface area contributed by atoms with Gasteiger partial charge in [-0.1, -0.05) is 11.6 Å². The summed E-state index contributed by atoms with van der Waals surface area (Å²) in [6.07, 6.45) is 1.69. The standard InChI is InChI=1S/C18H16ClN3O3/c1-25-15-8-4-13(5-9-15)20-18(24)16-10-11-17(23)22(21-16)14-6-2-12(19)3-7-14/h2-10,21H,11H2,1H3,(H,20,24).